The lowest BCUT2D eigenvalue weighted by Crippen LogP contribution is -2.56. The molecule has 3 N–H and O–H groups in total. The van der Waals surface area contributed by atoms with Gasteiger partial charge < -0.3 is 10.8 Å². The maximum atomic E-state index is 9.03. The Labute approximate surface area is 84.3 Å². The van der Waals surface area contributed by atoms with E-state index in [0.717, 1.165) is 24.7 Å². The van der Waals surface area contributed by atoms with Crippen molar-refractivity contribution in [2.45, 2.75) is 31.2 Å². The number of hydrogen-bond donors (Lipinski definition) is 2. The zero-order valence-corrected chi connectivity index (χ0v) is 8.85. The Kier molecular flexibility index (Phi) is 2.86. The van der Waals surface area contributed by atoms with Crippen LogP contribution >= 0.6 is 11.8 Å². The monoisotopic (exact) mass is 201 g/mol. The summed E-state index contributed by atoms with van der Waals surface area (Å²) in [5.41, 5.74) is 5.73. The first-order chi connectivity index (χ1) is 6.23. The Hall–Kier alpha value is 0.270. The highest BCUT2D eigenvalue weighted by atomic mass is 32.2. The molecule has 1 aliphatic carbocycles. The fraction of sp³-hybridized carbons (Fsp3) is 1.00. The quantitative estimate of drug-likeness (QED) is 0.706. The molecule has 1 aliphatic heterocycles. The normalized spacial score (nSPS) is 41.5. The van der Waals surface area contributed by atoms with E-state index in [2.05, 4.69) is 11.8 Å². The van der Waals surface area contributed by atoms with E-state index in [9.17, 15) is 0 Å². The highest BCUT2D eigenvalue weighted by Crippen LogP contribution is 2.44. The summed E-state index contributed by atoms with van der Waals surface area (Å²) >= 11 is 2.08. The van der Waals surface area contributed by atoms with Crippen LogP contribution in [0.1, 0.15) is 25.7 Å². The third-order valence-corrected chi connectivity index (χ3v) is 4.63. The van der Waals surface area contributed by atoms with E-state index in [1.165, 1.54) is 24.3 Å². The van der Waals surface area contributed by atoms with Crippen LogP contribution in [0.2, 0.25) is 0 Å². The van der Waals surface area contributed by atoms with Gasteiger partial charge in [0.15, 0.2) is 0 Å². The zero-order valence-electron chi connectivity index (χ0n) is 8.04. The largest absolute Gasteiger partial charge is 0.394 e. The smallest absolute Gasteiger partial charge is 0.0611 e. The van der Waals surface area contributed by atoms with Gasteiger partial charge in [-0.05, 0) is 49.0 Å². The molecule has 76 valence electrons. The van der Waals surface area contributed by atoms with E-state index < -0.39 is 0 Å². The Morgan fingerprint density at radius 1 is 1.23 bits per heavy atom. The summed E-state index contributed by atoms with van der Waals surface area (Å²) in [6, 6.07) is 0. The predicted octanol–water partition coefficient (Wildman–Crippen LogP) is 1.23. The van der Waals surface area contributed by atoms with Gasteiger partial charge in [0.25, 0.3) is 0 Å². The van der Waals surface area contributed by atoms with Crippen LogP contribution in [0, 0.1) is 11.8 Å². The van der Waals surface area contributed by atoms with Crippen molar-refractivity contribution in [1.82, 2.24) is 0 Å². The minimum Gasteiger partial charge on any atom is -0.394 e. The number of thioether (sulfide) groups is 1. The maximum Gasteiger partial charge on any atom is 0.0611 e. The zero-order chi connectivity index (χ0) is 9.31. The minimum absolute atomic E-state index is 0.172. The van der Waals surface area contributed by atoms with Crippen molar-refractivity contribution in [2.75, 3.05) is 18.1 Å². The van der Waals surface area contributed by atoms with Crippen LogP contribution in [0.4, 0.5) is 0 Å². The third-order valence-electron chi connectivity index (χ3n) is 3.58. The molecular weight excluding hydrogens is 182 g/mol. The molecule has 0 radical (unpaired) electrons. The highest BCUT2D eigenvalue weighted by Gasteiger charge is 2.43. The molecule has 0 spiro atoms. The van der Waals surface area contributed by atoms with Crippen LogP contribution < -0.4 is 5.73 Å². The van der Waals surface area contributed by atoms with Crippen molar-refractivity contribution in [3.63, 3.8) is 0 Å². The summed E-state index contributed by atoms with van der Waals surface area (Å²) in [6.45, 7) is 0.172. The Morgan fingerprint density at radius 2 is 1.85 bits per heavy atom. The van der Waals surface area contributed by atoms with E-state index in [4.69, 9.17) is 10.8 Å². The van der Waals surface area contributed by atoms with Gasteiger partial charge in [-0.25, -0.2) is 0 Å². The van der Waals surface area contributed by atoms with E-state index >= 15 is 0 Å². The van der Waals surface area contributed by atoms with Gasteiger partial charge in [-0.1, -0.05) is 0 Å². The molecule has 2 rings (SSSR count). The van der Waals surface area contributed by atoms with Crippen molar-refractivity contribution < 1.29 is 5.11 Å². The molecule has 2 aliphatic rings. The molecule has 0 aromatic heterocycles. The van der Waals surface area contributed by atoms with Crippen molar-refractivity contribution in [3.8, 4) is 0 Å². The first-order valence-corrected chi connectivity index (χ1v) is 6.36. The topological polar surface area (TPSA) is 46.2 Å². The van der Waals surface area contributed by atoms with Gasteiger partial charge in [-0.3, -0.25) is 0 Å². The van der Waals surface area contributed by atoms with Crippen LogP contribution in [0.15, 0.2) is 0 Å². The Morgan fingerprint density at radius 3 is 2.38 bits per heavy atom. The number of aliphatic hydroxyl groups is 1. The average molecular weight is 201 g/mol. The standard InChI is InChI=1S/C10H19NOS/c11-10(7-12)5-9(6-10)8-1-3-13-4-2-8/h8-9,12H,1-7,11H2. The number of rotatable bonds is 2. The molecule has 0 unspecified atom stereocenters. The molecule has 0 bridgehead atoms. The SMILES string of the molecule is NC1(CO)CC(C2CCSCC2)C1. The van der Waals surface area contributed by atoms with Gasteiger partial charge in [-0.2, -0.15) is 11.8 Å². The van der Waals surface area contributed by atoms with E-state index in [1.54, 1.807) is 0 Å². The molecule has 1 heterocycles. The van der Waals surface area contributed by atoms with Crippen LogP contribution in [0.5, 0.6) is 0 Å². The van der Waals surface area contributed by atoms with Crippen molar-refractivity contribution >= 4 is 11.8 Å². The van der Waals surface area contributed by atoms with E-state index in [-0.39, 0.29) is 12.1 Å². The molecule has 0 aromatic carbocycles. The summed E-state index contributed by atoms with van der Waals surface area (Å²) in [7, 11) is 0. The first-order valence-electron chi connectivity index (χ1n) is 5.21. The lowest BCUT2D eigenvalue weighted by atomic mass is 9.63. The van der Waals surface area contributed by atoms with Crippen LogP contribution in [0.25, 0.3) is 0 Å². The number of hydrogen-bond acceptors (Lipinski definition) is 3. The molecule has 0 atom stereocenters. The second kappa shape index (κ2) is 3.79. The van der Waals surface area contributed by atoms with Gasteiger partial charge in [0, 0.05) is 5.54 Å². The molecule has 0 amide bonds. The Balaban J connectivity index is 1.78. The van der Waals surface area contributed by atoms with E-state index in [0.29, 0.717) is 0 Å². The highest BCUT2D eigenvalue weighted by molar-refractivity contribution is 7.99. The molecule has 2 nitrogen and oxygen atoms in total. The van der Waals surface area contributed by atoms with Crippen LogP contribution in [-0.2, 0) is 0 Å². The van der Waals surface area contributed by atoms with Crippen LogP contribution in [-0.4, -0.2) is 28.8 Å². The lowest BCUT2D eigenvalue weighted by Gasteiger charge is -2.48. The third kappa shape index (κ3) is 2.03. The summed E-state index contributed by atoms with van der Waals surface area (Å²) in [4.78, 5) is 0. The second-order valence-corrected chi connectivity index (χ2v) is 5.86. The molecule has 1 saturated carbocycles. The fourth-order valence-corrected chi connectivity index (χ4v) is 3.78. The number of nitrogens with two attached hydrogens (primary N) is 1. The molecular formula is C10H19NOS. The van der Waals surface area contributed by atoms with Crippen molar-refractivity contribution in [2.24, 2.45) is 17.6 Å². The van der Waals surface area contributed by atoms with Crippen LogP contribution in [0.3, 0.4) is 0 Å². The van der Waals surface area contributed by atoms with Crippen molar-refractivity contribution in [1.29, 1.82) is 0 Å². The average Bonchev–Trinajstić information content (AvgIpc) is 2.14. The molecule has 2 fully saturated rings. The van der Waals surface area contributed by atoms with Gasteiger partial charge in [0.1, 0.15) is 0 Å². The Bertz CT molecular complexity index is 174. The van der Waals surface area contributed by atoms with E-state index in [1.807, 2.05) is 0 Å². The molecule has 0 aromatic rings. The predicted molar refractivity (Wildman–Crippen MR) is 56.8 cm³/mol. The molecule has 3 heteroatoms. The maximum absolute atomic E-state index is 9.03. The first kappa shape index (κ1) is 9.81. The summed E-state index contributed by atoms with van der Waals surface area (Å²) in [5.74, 6) is 4.39. The lowest BCUT2D eigenvalue weighted by molar-refractivity contribution is 0.0376. The fourth-order valence-electron chi connectivity index (χ4n) is 2.63. The molecule has 13 heavy (non-hydrogen) atoms. The van der Waals surface area contributed by atoms with Gasteiger partial charge >= 0.3 is 0 Å². The summed E-state index contributed by atoms with van der Waals surface area (Å²) in [5, 5.41) is 9.03. The number of aliphatic hydroxyl groups excluding tert-OH is 1. The summed E-state index contributed by atoms with van der Waals surface area (Å²) < 4.78 is 0. The second-order valence-electron chi connectivity index (χ2n) is 4.64. The van der Waals surface area contributed by atoms with Gasteiger partial charge in [0.05, 0.1) is 6.61 Å². The molecule has 1 saturated heterocycles. The summed E-state index contributed by atoms with van der Waals surface area (Å²) in [6.07, 6.45) is 4.85. The van der Waals surface area contributed by atoms with Gasteiger partial charge in [0.2, 0.25) is 0 Å². The minimum atomic E-state index is -0.213. The van der Waals surface area contributed by atoms with Crippen molar-refractivity contribution in [3.05, 3.63) is 0 Å². The van der Waals surface area contributed by atoms with Gasteiger partial charge in [-0.15, -0.1) is 0 Å².